The average molecular weight is 271 g/mol. The maximum absolute atomic E-state index is 11.7. The molecule has 1 aromatic carbocycles. The Morgan fingerprint density at radius 1 is 1.45 bits per heavy atom. The SMILES string of the molecule is Cc1noc(-c2ccc3c(c2)CC(=O)N3C)c1CCN. The van der Waals surface area contributed by atoms with Crippen LogP contribution in [-0.4, -0.2) is 24.7 Å². The largest absolute Gasteiger partial charge is 0.356 e. The van der Waals surface area contributed by atoms with Gasteiger partial charge in [0.15, 0.2) is 5.76 Å². The third-order valence-corrected chi connectivity index (χ3v) is 3.80. The first-order chi connectivity index (χ1) is 9.61. The van der Waals surface area contributed by atoms with Crippen LogP contribution in [0.4, 0.5) is 5.69 Å². The summed E-state index contributed by atoms with van der Waals surface area (Å²) in [7, 11) is 1.80. The Labute approximate surface area is 117 Å². The predicted molar refractivity (Wildman–Crippen MR) is 76.5 cm³/mol. The van der Waals surface area contributed by atoms with E-state index >= 15 is 0 Å². The summed E-state index contributed by atoms with van der Waals surface area (Å²) in [5.41, 5.74) is 10.5. The highest BCUT2D eigenvalue weighted by molar-refractivity contribution is 6.01. The van der Waals surface area contributed by atoms with Gasteiger partial charge in [-0.25, -0.2) is 0 Å². The number of hydrogen-bond donors (Lipinski definition) is 1. The number of nitrogens with two attached hydrogens (primary N) is 1. The van der Waals surface area contributed by atoms with Gasteiger partial charge in [-0.05, 0) is 43.7 Å². The summed E-state index contributed by atoms with van der Waals surface area (Å²) in [5, 5.41) is 4.03. The van der Waals surface area contributed by atoms with Crippen LogP contribution in [0.3, 0.4) is 0 Å². The van der Waals surface area contributed by atoms with E-state index in [1.807, 2.05) is 25.1 Å². The van der Waals surface area contributed by atoms with Gasteiger partial charge in [0.2, 0.25) is 5.91 Å². The smallest absolute Gasteiger partial charge is 0.231 e. The molecule has 0 saturated carbocycles. The molecule has 2 aromatic rings. The number of hydrogen-bond acceptors (Lipinski definition) is 4. The van der Waals surface area contributed by atoms with Crippen LogP contribution in [0.5, 0.6) is 0 Å². The number of aromatic nitrogens is 1. The molecule has 0 spiro atoms. The second-order valence-electron chi connectivity index (χ2n) is 5.09. The summed E-state index contributed by atoms with van der Waals surface area (Å²) in [6, 6.07) is 5.93. The molecule has 0 unspecified atom stereocenters. The molecule has 0 fully saturated rings. The summed E-state index contributed by atoms with van der Waals surface area (Å²) >= 11 is 0. The molecule has 0 radical (unpaired) electrons. The zero-order valence-electron chi connectivity index (χ0n) is 11.6. The summed E-state index contributed by atoms with van der Waals surface area (Å²) in [6.45, 7) is 2.48. The number of rotatable bonds is 3. The lowest BCUT2D eigenvalue weighted by Crippen LogP contribution is -2.20. The molecular weight excluding hydrogens is 254 g/mol. The number of benzene rings is 1. The van der Waals surface area contributed by atoms with E-state index in [-0.39, 0.29) is 5.91 Å². The number of carbonyl (C=O) groups is 1. The minimum atomic E-state index is 0.119. The number of nitrogens with zero attached hydrogens (tertiary/aromatic N) is 2. The first-order valence-electron chi connectivity index (χ1n) is 6.67. The lowest BCUT2D eigenvalue weighted by atomic mass is 10.0. The Balaban J connectivity index is 2.05. The van der Waals surface area contributed by atoms with E-state index in [4.69, 9.17) is 10.3 Å². The van der Waals surface area contributed by atoms with Crippen LogP contribution in [-0.2, 0) is 17.6 Å². The van der Waals surface area contributed by atoms with Gasteiger partial charge in [0, 0.05) is 23.9 Å². The van der Waals surface area contributed by atoms with Gasteiger partial charge in [0.1, 0.15) is 0 Å². The number of fused-ring (bicyclic) bond motifs is 1. The molecule has 0 saturated heterocycles. The average Bonchev–Trinajstić information content (AvgIpc) is 2.92. The van der Waals surface area contributed by atoms with Crippen LogP contribution in [0.15, 0.2) is 22.7 Å². The summed E-state index contributed by atoms with van der Waals surface area (Å²) in [6.07, 6.45) is 1.18. The van der Waals surface area contributed by atoms with Crippen molar-refractivity contribution in [2.45, 2.75) is 19.8 Å². The van der Waals surface area contributed by atoms with Crippen LogP contribution in [0, 0.1) is 6.92 Å². The minimum Gasteiger partial charge on any atom is -0.356 e. The minimum absolute atomic E-state index is 0.119. The Kier molecular flexibility index (Phi) is 3.06. The van der Waals surface area contributed by atoms with Crippen molar-refractivity contribution in [1.29, 1.82) is 0 Å². The maximum Gasteiger partial charge on any atom is 0.231 e. The van der Waals surface area contributed by atoms with Crippen LogP contribution >= 0.6 is 0 Å². The number of anilines is 1. The highest BCUT2D eigenvalue weighted by atomic mass is 16.5. The van der Waals surface area contributed by atoms with Crippen molar-refractivity contribution >= 4 is 11.6 Å². The molecule has 1 aromatic heterocycles. The zero-order chi connectivity index (χ0) is 14.3. The third kappa shape index (κ3) is 1.91. The molecule has 0 aliphatic carbocycles. The number of amides is 1. The lowest BCUT2D eigenvalue weighted by molar-refractivity contribution is -0.117. The molecule has 104 valence electrons. The van der Waals surface area contributed by atoms with Crippen molar-refractivity contribution in [3.63, 3.8) is 0 Å². The number of likely N-dealkylation sites (N-methyl/N-ethyl adjacent to an activating group) is 1. The van der Waals surface area contributed by atoms with E-state index in [2.05, 4.69) is 5.16 Å². The quantitative estimate of drug-likeness (QED) is 0.921. The molecule has 20 heavy (non-hydrogen) atoms. The van der Waals surface area contributed by atoms with E-state index in [9.17, 15) is 4.79 Å². The fraction of sp³-hybridized carbons (Fsp3) is 0.333. The molecule has 1 aliphatic rings. The van der Waals surface area contributed by atoms with E-state index in [1.54, 1.807) is 11.9 Å². The first-order valence-corrected chi connectivity index (χ1v) is 6.67. The fourth-order valence-electron chi connectivity index (χ4n) is 2.67. The van der Waals surface area contributed by atoms with Gasteiger partial charge in [-0.2, -0.15) is 0 Å². The van der Waals surface area contributed by atoms with Gasteiger partial charge >= 0.3 is 0 Å². The number of carbonyl (C=O) groups excluding carboxylic acids is 1. The van der Waals surface area contributed by atoms with Crippen molar-refractivity contribution in [2.24, 2.45) is 5.73 Å². The van der Waals surface area contributed by atoms with Crippen LogP contribution < -0.4 is 10.6 Å². The summed E-state index contributed by atoms with van der Waals surface area (Å²) < 4.78 is 5.44. The second-order valence-corrected chi connectivity index (χ2v) is 5.09. The zero-order valence-corrected chi connectivity index (χ0v) is 11.6. The van der Waals surface area contributed by atoms with E-state index < -0.39 is 0 Å². The van der Waals surface area contributed by atoms with E-state index in [0.29, 0.717) is 13.0 Å². The Morgan fingerprint density at radius 3 is 3.00 bits per heavy atom. The van der Waals surface area contributed by atoms with Crippen LogP contribution in [0.1, 0.15) is 16.8 Å². The van der Waals surface area contributed by atoms with Crippen molar-refractivity contribution in [3.05, 3.63) is 35.0 Å². The molecular formula is C15H17N3O2. The van der Waals surface area contributed by atoms with E-state index in [0.717, 1.165) is 40.3 Å². The molecule has 3 rings (SSSR count). The van der Waals surface area contributed by atoms with Gasteiger partial charge in [0.05, 0.1) is 12.1 Å². The van der Waals surface area contributed by atoms with Gasteiger partial charge in [0.25, 0.3) is 0 Å². The molecule has 5 nitrogen and oxygen atoms in total. The van der Waals surface area contributed by atoms with Crippen LogP contribution in [0.2, 0.25) is 0 Å². The molecule has 2 N–H and O–H groups in total. The molecule has 5 heteroatoms. The normalized spacial score (nSPS) is 13.9. The van der Waals surface area contributed by atoms with Crippen molar-refractivity contribution in [3.8, 4) is 11.3 Å². The highest BCUT2D eigenvalue weighted by Gasteiger charge is 2.25. The Bertz CT molecular complexity index is 676. The Morgan fingerprint density at radius 2 is 2.25 bits per heavy atom. The summed E-state index contributed by atoms with van der Waals surface area (Å²) in [4.78, 5) is 13.4. The lowest BCUT2D eigenvalue weighted by Gasteiger charge is -2.10. The van der Waals surface area contributed by atoms with Gasteiger partial charge in [-0.1, -0.05) is 5.16 Å². The Hall–Kier alpha value is -2.14. The maximum atomic E-state index is 11.7. The molecule has 1 amide bonds. The van der Waals surface area contributed by atoms with Gasteiger partial charge in [-0.3, -0.25) is 4.79 Å². The predicted octanol–water partition coefficient (Wildman–Crippen LogP) is 1.67. The monoisotopic (exact) mass is 271 g/mol. The van der Waals surface area contributed by atoms with E-state index in [1.165, 1.54) is 0 Å². The molecule has 2 heterocycles. The third-order valence-electron chi connectivity index (χ3n) is 3.80. The van der Waals surface area contributed by atoms with Gasteiger partial charge in [-0.15, -0.1) is 0 Å². The molecule has 0 atom stereocenters. The molecule has 1 aliphatic heterocycles. The van der Waals surface area contributed by atoms with Crippen molar-refractivity contribution < 1.29 is 9.32 Å². The van der Waals surface area contributed by atoms with Crippen LogP contribution in [0.25, 0.3) is 11.3 Å². The van der Waals surface area contributed by atoms with Gasteiger partial charge < -0.3 is 15.2 Å². The first kappa shape index (κ1) is 12.9. The second kappa shape index (κ2) is 4.76. The highest BCUT2D eigenvalue weighted by Crippen LogP contribution is 2.34. The van der Waals surface area contributed by atoms with Crippen molar-refractivity contribution in [1.82, 2.24) is 5.16 Å². The summed E-state index contributed by atoms with van der Waals surface area (Å²) in [5.74, 6) is 0.880. The van der Waals surface area contributed by atoms with Crippen molar-refractivity contribution in [2.75, 3.05) is 18.5 Å². The standard InChI is InChI=1S/C15H17N3O2/c1-9-12(5-6-16)15(20-17-9)10-3-4-13-11(7-10)8-14(19)18(13)2/h3-4,7H,5-6,8,16H2,1-2H3. The topological polar surface area (TPSA) is 72.4 Å². The molecule has 0 bridgehead atoms. The number of aryl methyl sites for hydroxylation is 1. The fourth-order valence-corrected chi connectivity index (χ4v) is 2.67.